The van der Waals surface area contributed by atoms with E-state index in [4.69, 9.17) is 9.47 Å². The highest BCUT2D eigenvalue weighted by Gasteiger charge is 2.20. The molecule has 2 aliphatic rings. The summed E-state index contributed by atoms with van der Waals surface area (Å²) in [4.78, 5) is 21.4. The number of aromatic nitrogens is 2. The minimum Gasteiger partial charge on any atom is -0.454 e. The zero-order valence-electron chi connectivity index (χ0n) is 16.0. The average molecular weight is 390 g/mol. The van der Waals surface area contributed by atoms with Gasteiger partial charge in [0.05, 0.1) is 5.69 Å². The highest BCUT2D eigenvalue weighted by Crippen LogP contribution is 2.32. The predicted molar refractivity (Wildman–Crippen MR) is 109 cm³/mol. The van der Waals surface area contributed by atoms with E-state index in [1.807, 2.05) is 58.0 Å². The number of imidazole rings is 1. The van der Waals surface area contributed by atoms with Crippen molar-refractivity contribution >= 4 is 17.6 Å². The van der Waals surface area contributed by atoms with E-state index in [9.17, 15) is 4.79 Å². The Balaban J connectivity index is 1.15. The second kappa shape index (κ2) is 7.60. The summed E-state index contributed by atoms with van der Waals surface area (Å²) in [6.07, 6.45) is 7.54. The van der Waals surface area contributed by atoms with Crippen LogP contribution in [-0.4, -0.2) is 58.1 Å². The number of ether oxygens (including phenoxy) is 2. The number of benzene rings is 1. The highest BCUT2D eigenvalue weighted by atomic mass is 16.7. The van der Waals surface area contributed by atoms with Crippen LogP contribution in [0.4, 0.5) is 0 Å². The molecule has 0 aliphatic carbocycles. The molecule has 0 radical (unpaired) electrons. The number of carbonyl (C=O) groups excluding carboxylic acids is 1. The quantitative estimate of drug-likeness (QED) is 0.641. The molecule has 1 amide bonds. The smallest absolute Gasteiger partial charge is 0.246 e. The molecule has 5 rings (SSSR count). The maximum Gasteiger partial charge on any atom is 0.246 e. The first-order valence-corrected chi connectivity index (χ1v) is 9.76. The molecule has 29 heavy (non-hydrogen) atoms. The maximum atomic E-state index is 12.5. The number of nitrogens with zero attached hydrogens (tertiary/aromatic N) is 4. The van der Waals surface area contributed by atoms with Crippen LogP contribution in [0.15, 0.2) is 54.9 Å². The van der Waals surface area contributed by atoms with Gasteiger partial charge in [0.25, 0.3) is 0 Å². The van der Waals surface area contributed by atoms with Crippen LogP contribution >= 0.6 is 0 Å². The van der Waals surface area contributed by atoms with E-state index >= 15 is 0 Å². The zero-order chi connectivity index (χ0) is 19.6. The Morgan fingerprint density at radius 1 is 1.07 bits per heavy atom. The molecule has 1 aromatic carbocycles. The van der Waals surface area contributed by atoms with E-state index in [2.05, 4.69) is 16.1 Å². The summed E-state index contributed by atoms with van der Waals surface area (Å²) in [5.74, 6) is 1.51. The largest absolute Gasteiger partial charge is 0.454 e. The van der Waals surface area contributed by atoms with Gasteiger partial charge in [0.15, 0.2) is 11.5 Å². The van der Waals surface area contributed by atoms with Gasteiger partial charge in [-0.05, 0) is 35.9 Å². The molecule has 3 aromatic rings. The molecule has 7 nitrogen and oxygen atoms in total. The first-order valence-electron chi connectivity index (χ1n) is 9.76. The van der Waals surface area contributed by atoms with Crippen molar-refractivity contribution in [1.82, 2.24) is 19.2 Å². The second-order valence-electron chi connectivity index (χ2n) is 7.25. The molecule has 1 saturated heterocycles. The van der Waals surface area contributed by atoms with Crippen LogP contribution in [0.3, 0.4) is 0 Å². The zero-order valence-corrected chi connectivity index (χ0v) is 16.0. The van der Waals surface area contributed by atoms with Crippen molar-refractivity contribution in [3.05, 3.63) is 66.1 Å². The highest BCUT2D eigenvalue weighted by molar-refractivity contribution is 5.92. The fraction of sp³-hybridized carbons (Fsp3) is 0.273. The van der Waals surface area contributed by atoms with Crippen LogP contribution in [0.1, 0.15) is 11.3 Å². The first-order chi connectivity index (χ1) is 14.2. The molecule has 2 aromatic heterocycles. The van der Waals surface area contributed by atoms with Gasteiger partial charge < -0.3 is 18.8 Å². The summed E-state index contributed by atoms with van der Waals surface area (Å²) in [5, 5.41) is 0. The van der Waals surface area contributed by atoms with Crippen LogP contribution in [0.2, 0.25) is 0 Å². The number of pyridine rings is 1. The van der Waals surface area contributed by atoms with Crippen molar-refractivity contribution in [3.63, 3.8) is 0 Å². The summed E-state index contributed by atoms with van der Waals surface area (Å²) < 4.78 is 12.7. The minimum absolute atomic E-state index is 0.0371. The van der Waals surface area contributed by atoms with Crippen molar-refractivity contribution in [2.75, 3.05) is 33.0 Å². The van der Waals surface area contributed by atoms with Crippen molar-refractivity contribution in [2.24, 2.45) is 0 Å². The Kier molecular flexibility index (Phi) is 4.65. The summed E-state index contributed by atoms with van der Waals surface area (Å²) in [6.45, 7) is 4.18. The maximum absolute atomic E-state index is 12.5. The van der Waals surface area contributed by atoms with Crippen molar-refractivity contribution < 1.29 is 14.3 Å². The number of hydrogen-bond acceptors (Lipinski definition) is 5. The molecule has 0 atom stereocenters. The van der Waals surface area contributed by atoms with Crippen molar-refractivity contribution in [2.45, 2.75) is 6.54 Å². The standard InChI is InChI=1S/C22H22N4O3/c27-22(7-5-17-4-6-19-20(13-17)29-16-28-19)25-11-9-24(10-12-25)14-18-15-26-8-2-1-3-21(26)23-18/h1-8,13,15H,9-12,14,16H2/b7-5+. The molecule has 0 bridgehead atoms. The molecular formula is C22H22N4O3. The molecule has 0 saturated carbocycles. The lowest BCUT2D eigenvalue weighted by Gasteiger charge is -2.33. The topological polar surface area (TPSA) is 59.3 Å². The van der Waals surface area contributed by atoms with Crippen molar-refractivity contribution in [3.8, 4) is 11.5 Å². The Bertz CT molecular complexity index is 1030. The van der Waals surface area contributed by atoms with Crippen LogP contribution in [-0.2, 0) is 11.3 Å². The average Bonchev–Trinajstić information content (AvgIpc) is 3.38. The third-order valence-corrected chi connectivity index (χ3v) is 5.30. The molecule has 1 fully saturated rings. The van der Waals surface area contributed by atoms with E-state index in [0.717, 1.165) is 61.1 Å². The van der Waals surface area contributed by atoms with Crippen LogP contribution < -0.4 is 9.47 Å². The number of carbonyl (C=O) groups is 1. The molecular weight excluding hydrogens is 368 g/mol. The normalized spacial score (nSPS) is 16.8. The fourth-order valence-electron chi connectivity index (χ4n) is 3.71. The Labute approximate surface area is 168 Å². The molecule has 0 spiro atoms. The van der Waals surface area contributed by atoms with Gasteiger partial charge in [0.2, 0.25) is 12.7 Å². The van der Waals surface area contributed by atoms with E-state index in [0.29, 0.717) is 0 Å². The molecule has 0 N–H and O–H groups in total. The number of hydrogen-bond donors (Lipinski definition) is 0. The summed E-state index contributed by atoms with van der Waals surface area (Å²) >= 11 is 0. The van der Waals surface area contributed by atoms with Gasteiger partial charge in [0, 0.05) is 51.2 Å². The lowest BCUT2D eigenvalue weighted by molar-refractivity contribution is -0.127. The lowest BCUT2D eigenvalue weighted by atomic mass is 10.2. The van der Waals surface area contributed by atoms with Crippen LogP contribution in [0.5, 0.6) is 11.5 Å². The molecule has 148 valence electrons. The summed E-state index contributed by atoms with van der Waals surface area (Å²) in [6, 6.07) is 11.7. The van der Waals surface area contributed by atoms with Gasteiger partial charge in [-0.2, -0.15) is 0 Å². The lowest BCUT2D eigenvalue weighted by Crippen LogP contribution is -2.47. The van der Waals surface area contributed by atoms with Gasteiger partial charge in [0.1, 0.15) is 5.65 Å². The Morgan fingerprint density at radius 3 is 2.79 bits per heavy atom. The number of amides is 1. The van der Waals surface area contributed by atoms with E-state index in [1.54, 1.807) is 6.08 Å². The first kappa shape index (κ1) is 17.8. The third-order valence-electron chi connectivity index (χ3n) is 5.30. The van der Waals surface area contributed by atoms with Crippen LogP contribution in [0.25, 0.3) is 11.7 Å². The van der Waals surface area contributed by atoms with E-state index < -0.39 is 0 Å². The predicted octanol–water partition coefficient (Wildman–Crippen LogP) is 2.42. The molecule has 0 unspecified atom stereocenters. The second-order valence-corrected chi connectivity index (χ2v) is 7.25. The SMILES string of the molecule is O=C(/C=C/c1ccc2c(c1)OCO2)N1CCN(Cc2cn3ccccc3n2)CC1. The number of rotatable bonds is 4. The van der Waals surface area contributed by atoms with Gasteiger partial charge in [-0.3, -0.25) is 9.69 Å². The minimum atomic E-state index is 0.0371. The Morgan fingerprint density at radius 2 is 1.93 bits per heavy atom. The summed E-state index contributed by atoms with van der Waals surface area (Å²) in [7, 11) is 0. The van der Waals surface area contributed by atoms with Gasteiger partial charge in [-0.15, -0.1) is 0 Å². The van der Waals surface area contributed by atoms with Gasteiger partial charge in [-0.25, -0.2) is 4.98 Å². The molecule has 2 aliphatic heterocycles. The van der Waals surface area contributed by atoms with E-state index in [-0.39, 0.29) is 12.7 Å². The monoisotopic (exact) mass is 390 g/mol. The van der Waals surface area contributed by atoms with E-state index in [1.165, 1.54) is 0 Å². The summed E-state index contributed by atoms with van der Waals surface area (Å²) in [5.41, 5.74) is 2.94. The van der Waals surface area contributed by atoms with Crippen LogP contribution in [0, 0.1) is 0 Å². The number of fused-ring (bicyclic) bond motifs is 2. The molecule has 4 heterocycles. The van der Waals surface area contributed by atoms with Gasteiger partial charge in [-0.1, -0.05) is 12.1 Å². The van der Waals surface area contributed by atoms with Gasteiger partial charge >= 0.3 is 0 Å². The molecule has 7 heteroatoms. The Hall–Kier alpha value is -3.32. The third kappa shape index (κ3) is 3.82. The number of piperazine rings is 1. The van der Waals surface area contributed by atoms with Crippen molar-refractivity contribution in [1.29, 1.82) is 0 Å². The fourth-order valence-corrected chi connectivity index (χ4v) is 3.71.